The van der Waals surface area contributed by atoms with Gasteiger partial charge in [-0.15, -0.1) is 0 Å². The van der Waals surface area contributed by atoms with E-state index in [9.17, 15) is 14.4 Å². The molecule has 0 bridgehead atoms. The van der Waals surface area contributed by atoms with Crippen LogP contribution in [0.15, 0.2) is 18.3 Å². The van der Waals surface area contributed by atoms with Crippen LogP contribution in [0, 0.1) is 0 Å². The van der Waals surface area contributed by atoms with Crippen LogP contribution in [0.1, 0.15) is 10.5 Å². The molecule has 8 nitrogen and oxygen atoms in total. The summed E-state index contributed by atoms with van der Waals surface area (Å²) < 4.78 is 1.34. The number of rotatable bonds is 6. The molecule has 0 aromatic carbocycles. The zero-order valence-corrected chi connectivity index (χ0v) is 11.4. The Morgan fingerprint density at radius 3 is 2.50 bits per heavy atom. The normalized spacial score (nSPS) is 9.90. The van der Waals surface area contributed by atoms with E-state index in [0.29, 0.717) is 6.54 Å². The number of carbonyl (C=O) groups is 3. The van der Waals surface area contributed by atoms with Gasteiger partial charge in [0.2, 0.25) is 0 Å². The molecule has 0 saturated heterocycles. The molecule has 8 heteroatoms. The highest BCUT2D eigenvalue weighted by Gasteiger charge is 2.12. The highest BCUT2D eigenvalue weighted by Crippen LogP contribution is 2.01. The van der Waals surface area contributed by atoms with Crippen molar-refractivity contribution in [2.75, 3.05) is 27.2 Å². The predicted molar refractivity (Wildman–Crippen MR) is 71.5 cm³/mol. The molecule has 0 aliphatic carbocycles. The van der Waals surface area contributed by atoms with E-state index < -0.39 is 5.97 Å². The molecule has 1 aromatic rings. The molecule has 3 amide bonds. The van der Waals surface area contributed by atoms with Crippen LogP contribution in [0.4, 0.5) is 4.79 Å². The van der Waals surface area contributed by atoms with Gasteiger partial charge < -0.3 is 25.2 Å². The minimum Gasteiger partial charge on any atom is -0.480 e. The van der Waals surface area contributed by atoms with Crippen molar-refractivity contribution >= 4 is 17.9 Å². The third-order valence-corrected chi connectivity index (χ3v) is 2.46. The van der Waals surface area contributed by atoms with Gasteiger partial charge in [0.1, 0.15) is 12.2 Å². The lowest BCUT2D eigenvalue weighted by atomic mass is 10.4. The van der Waals surface area contributed by atoms with Crippen LogP contribution >= 0.6 is 0 Å². The molecule has 3 N–H and O–H groups in total. The second-order valence-electron chi connectivity index (χ2n) is 4.30. The number of hydrogen-bond acceptors (Lipinski definition) is 3. The fraction of sp³-hybridized carbons (Fsp3) is 0.417. The van der Waals surface area contributed by atoms with E-state index in [1.807, 2.05) is 0 Å². The first-order valence-corrected chi connectivity index (χ1v) is 6.02. The summed E-state index contributed by atoms with van der Waals surface area (Å²) in [4.78, 5) is 35.1. The lowest BCUT2D eigenvalue weighted by Crippen LogP contribution is -2.40. The quantitative estimate of drug-likeness (QED) is 0.616. The number of carbonyl (C=O) groups excluding carboxylic acids is 2. The fourth-order valence-electron chi connectivity index (χ4n) is 1.50. The standard InChI is InChI=1S/C12H18N4O4/c1-15(2)12(20)14-6-5-13-11(19)9-4-3-7-16(9)8-10(17)18/h3-4,7H,5-6,8H2,1-2H3,(H,13,19)(H,14,20)(H,17,18). The molecule has 0 atom stereocenters. The van der Waals surface area contributed by atoms with Crippen molar-refractivity contribution < 1.29 is 19.5 Å². The Kier molecular flexibility index (Phi) is 5.57. The maximum atomic E-state index is 11.8. The van der Waals surface area contributed by atoms with Gasteiger partial charge in [0.25, 0.3) is 5.91 Å². The van der Waals surface area contributed by atoms with Crippen molar-refractivity contribution in [2.45, 2.75) is 6.54 Å². The summed E-state index contributed by atoms with van der Waals surface area (Å²) in [6.45, 7) is 0.284. The van der Waals surface area contributed by atoms with Gasteiger partial charge in [-0.05, 0) is 12.1 Å². The Morgan fingerprint density at radius 2 is 1.90 bits per heavy atom. The molecular formula is C12H18N4O4. The molecule has 1 heterocycles. The summed E-state index contributed by atoms with van der Waals surface area (Å²) in [5.41, 5.74) is 0.270. The SMILES string of the molecule is CN(C)C(=O)NCCNC(=O)c1cccn1CC(=O)O. The number of hydrogen-bond donors (Lipinski definition) is 3. The minimum atomic E-state index is -1.02. The van der Waals surface area contributed by atoms with Crippen LogP contribution in [0.25, 0.3) is 0 Å². The van der Waals surface area contributed by atoms with Crippen LogP contribution in [-0.2, 0) is 11.3 Å². The zero-order chi connectivity index (χ0) is 15.1. The van der Waals surface area contributed by atoms with Gasteiger partial charge in [0, 0.05) is 33.4 Å². The van der Waals surface area contributed by atoms with E-state index in [1.165, 1.54) is 21.7 Å². The minimum absolute atomic E-state index is 0.242. The van der Waals surface area contributed by atoms with Crippen LogP contribution in [0.5, 0.6) is 0 Å². The largest absolute Gasteiger partial charge is 0.480 e. The summed E-state index contributed by atoms with van der Waals surface area (Å²) in [5, 5.41) is 13.9. The summed E-state index contributed by atoms with van der Waals surface area (Å²) in [7, 11) is 3.24. The summed E-state index contributed by atoms with van der Waals surface area (Å²) in [5.74, 6) is -1.40. The molecule has 0 radical (unpaired) electrons. The fourth-order valence-corrected chi connectivity index (χ4v) is 1.50. The third kappa shape index (κ3) is 4.63. The van der Waals surface area contributed by atoms with E-state index in [2.05, 4.69) is 10.6 Å². The summed E-state index contributed by atoms with van der Waals surface area (Å²) in [6.07, 6.45) is 1.52. The molecule has 0 saturated carbocycles. The third-order valence-electron chi connectivity index (χ3n) is 2.46. The van der Waals surface area contributed by atoms with Gasteiger partial charge in [-0.2, -0.15) is 0 Å². The van der Waals surface area contributed by atoms with Crippen molar-refractivity contribution in [3.63, 3.8) is 0 Å². The van der Waals surface area contributed by atoms with Crippen molar-refractivity contribution in [2.24, 2.45) is 0 Å². The van der Waals surface area contributed by atoms with Crippen LogP contribution in [0.3, 0.4) is 0 Å². The van der Waals surface area contributed by atoms with Gasteiger partial charge in [-0.25, -0.2) is 4.79 Å². The molecular weight excluding hydrogens is 264 g/mol. The number of aromatic nitrogens is 1. The molecule has 20 heavy (non-hydrogen) atoms. The van der Waals surface area contributed by atoms with Gasteiger partial charge in [-0.1, -0.05) is 0 Å². The highest BCUT2D eigenvalue weighted by atomic mass is 16.4. The molecule has 0 aliphatic heterocycles. The number of nitrogens with one attached hydrogen (secondary N) is 2. The van der Waals surface area contributed by atoms with Crippen molar-refractivity contribution in [1.82, 2.24) is 20.1 Å². The van der Waals surface area contributed by atoms with E-state index in [0.717, 1.165) is 0 Å². The van der Waals surface area contributed by atoms with Gasteiger partial charge >= 0.3 is 12.0 Å². The van der Waals surface area contributed by atoms with Crippen molar-refractivity contribution in [3.05, 3.63) is 24.0 Å². The monoisotopic (exact) mass is 282 g/mol. The Balaban J connectivity index is 2.42. The second-order valence-corrected chi connectivity index (χ2v) is 4.30. The first-order chi connectivity index (χ1) is 9.41. The molecule has 0 spiro atoms. The number of carboxylic acids is 1. The van der Waals surface area contributed by atoms with E-state index >= 15 is 0 Å². The maximum absolute atomic E-state index is 11.8. The number of aliphatic carboxylic acids is 1. The molecule has 1 rings (SSSR count). The van der Waals surface area contributed by atoms with Crippen LogP contribution in [0.2, 0.25) is 0 Å². The molecule has 0 fully saturated rings. The number of nitrogens with zero attached hydrogens (tertiary/aromatic N) is 2. The number of amides is 3. The smallest absolute Gasteiger partial charge is 0.323 e. The average molecular weight is 282 g/mol. The first-order valence-electron chi connectivity index (χ1n) is 6.02. The number of urea groups is 1. The Hall–Kier alpha value is -2.51. The van der Waals surface area contributed by atoms with Crippen LogP contribution in [-0.4, -0.2) is 59.7 Å². The topological polar surface area (TPSA) is 104 Å². The Morgan fingerprint density at radius 1 is 1.25 bits per heavy atom. The highest BCUT2D eigenvalue weighted by molar-refractivity contribution is 5.93. The van der Waals surface area contributed by atoms with Gasteiger partial charge in [-0.3, -0.25) is 9.59 Å². The maximum Gasteiger partial charge on any atom is 0.323 e. The lowest BCUT2D eigenvalue weighted by molar-refractivity contribution is -0.137. The van der Waals surface area contributed by atoms with E-state index in [1.54, 1.807) is 20.2 Å². The Labute approximate surface area is 116 Å². The average Bonchev–Trinajstić information content (AvgIpc) is 2.81. The molecule has 110 valence electrons. The lowest BCUT2D eigenvalue weighted by Gasteiger charge is -2.12. The van der Waals surface area contributed by atoms with Crippen molar-refractivity contribution in [1.29, 1.82) is 0 Å². The van der Waals surface area contributed by atoms with E-state index in [4.69, 9.17) is 5.11 Å². The molecule has 1 aromatic heterocycles. The second kappa shape index (κ2) is 7.17. The van der Waals surface area contributed by atoms with Gasteiger partial charge in [0.15, 0.2) is 0 Å². The van der Waals surface area contributed by atoms with Gasteiger partial charge in [0.05, 0.1) is 0 Å². The summed E-state index contributed by atoms with van der Waals surface area (Å²) >= 11 is 0. The number of carboxylic acid groups (broad SMARTS) is 1. The Bertz CT molecular complexity index is 495. The molecule has 0 unspecified atom stereocenters. The van der Waals surface area contributed by atoms with Crippen LogP contribution < -0.4 is 10.6 Å². The van der Waals surface area contributed by atoms with E-state index in [-0.39, 0.29) is 30.7 Å². The first kappa shape index (κ1) is 15.5. The summed E-state index contributed by atoms with van der Waals surface area (Å²) in [6, 6.07) is 2.90. The predicted octanol–water partition coefficient (Wildman–Crippen LogP) is -0.426. The molecule has 0 aliphatic rings. The van der Waals surface area contributed by atoms with Crippen molar-refractivity contribution in [3.8, 4) is 0 Å². The zero-order valence-electron chi connectivity index (χ0n) is 11.4.